The fourth-order valence-electron chi connectivity index (χ4n) is 1.55. The summed E-state index contributed by atoms with van der Waals surface area (Å²) in [5, 5.41) is 14.7. The molecule has 0 atom stereocenters. The third-order valence-corrected chi connectivity index (χ3v) is 2.32. The first-order chi connectivity index (χ1) is 8.69. The molecular weight excluding hydrogens is 232 g/mol. The Morgan fingerprint density at radius 3 is 2.89 bits per heavy atom. The Kier molecular flexibility index (Phi) is 3.83. The van der Waals surface area contributed by atoms with Gasteiger partial charge in [0.15, 0.2) is 6.61 Å². The van der Waals surface area contributed by atoms with Crippen LogP contribution in [0.25, 0.3) is 0 Å². The minimum atomic E-state index is 0.287. The van der Waals surface area contributed by atoms with E-state index in [1.54, 1.807) is 7.05 Å². The minimum absolute atomic E-state index is 0.287. The molecule has 0 unspecified atom stereocenters. The lowest BCUT2D eigenvalue weighted by Gasteiger charge is -2.09. The van der Waals surface area contributed by atoms with Crippen molar-refractivity contribution in [1.29, 1.82) is 0 Å². The molecule has 0 bridgehead atoms. The second-order valence-corrected chi connectivity index (χ2v) is 3.91. The molecule has 18 heavy (non-hydrogen) atoms. The molecule has 2 rings (SSSR count). The molecule has 0 spiro atoms. The van der Waals surface area contributed by atoms with Crippen molar-refractivity contribution < 1.29 is 4.74 Å². The summed E-state index contributed by atoms with van der Waals surface area (Å²) in [6.07, 6.45) is 0. The lowest BCUT2D eigenvalue weighted by molar-refractivity contribution is 0.290. The first-order valence-corrected chi connectivity index (χ1v) is 5.66. The van der Waals surface area contributed by atoms with E-state index in [-0.39, 0.29) is 6.61 Å². The zero-order chi connectivity index (χ0) is 13.0. The van der Waals surface area contributed by atoms with Crippen LogP contribution >= 0.6 is 0 Å². The predicted molar refractivity (Wildman–Crippen MR) is 64.9 cm³/mol. The summed E-state index contributed by atoms with van der Waals surface area (Å²) in [5.74, 6) is 1.29. The normalized spacial score (nSPS) is 10.6. The second-order valence-electron chi connectivity index (χ2n) is 3.91. The number of ether oxygens (including phenoxy) is 1. The number of hydrogen-bond acceptors (Lipinski definition) is 6. The number of rotatable bonds is 5. The standard InChI is InChI=1S/C11H16N6O/c1-8-4-5-10(9(13-8)6-12-2)18-7-11-14-16-17(3)15-11/h4-5,12H,6-7H2,1-3H3. The lowest BCUT2D eigenvalue weighted by atomic mass is 10.3. The number of nitrogens with zero attached hydrogens (tertiary/aromatic N) is 5. The highest BCUT2D eigenvalue weighted by atomic mass is 16.5. The van der Waals surface area contributed by atoms with E-state index >= 15 is 0 Å². The van der Waals surface area contributed by atoms with E-state index in [9.17, 15) is 0 Å². The van der Waals surface area contributed by atoms with E-state index in [4.69, 9.17) is 4.74 Å². The highest BCUT2D eigenvalue weighted by Crippen LogP contribution is 2.17. The maximum atomic E-state index is 5.66. The van der Waals surface area contributed by atoms with E-state index in [2.05, 4.69) is 25.7 Å². The first kappa shape index (κ1) is 12.4. The average molecular weight is 248 g/mol. The Morgan fingerprint density at radius 1 is 1.39 bits per heavy atom. The molecule has 0 radical (unpaired) electrons. The minimum Gasteiger partial charge on any atom is -0.483 e. The molecule has 96 valence electrons. The van der Waals surface area contributed by atoms with Crippen LogP contribution in [0.4, 0.5) is 0 Å². The summed E-state index contributed by atoms with van der Waals surface area (Å²) < 4.78 is 5.66. The van der Waals surface area contributed by atoms with Crippen molar-refractivity contribution in [2.75, 3.05) is 7.05 Å². The van der Waals surface area contributed by atoms with Crippen molar-refractivity contribution in [1.82, 2.24) is 30.5 Å². The van der Waals surface area contributed by atoms with Gasteiger partial charge in [0.25, 0.3) is 0 Å². The highest BCUT2D eigenvalue weighted by Gasteiger charge is 2.07. The molecule has 0 aliphatic carbocycles. The SMILES string of the molecule is CNCc1nc(C)ccc1OCc1nnn(C)n1. The van der Waals surface area contributed by atoms with Crippen LogP contribution in [0.2, 0.25) is 0 Å². The Balaban J connectivity index is 2.08. The topological polar surface area (TPSA) is 77.8 Å². The second kappa shape index (κ2) is 5.54. The Morgan fingerprint density at radius 2 is 2.22 bits per heavy atom. The van der Waals surface area contributed by atoms with Crippen LogP contribution in [0.1, 0.15) is 17.2 Å². The summed E-state index contributed by atoms with van der Waals surface area (Å²) in [5.41, 5.74) is 1.84. The third kappa shape index (κ3) is 3.01. The Bertz CT molecular complexity index is 524. The smallest absolute Gasteiger partial charge is 0.212 e. The quantitative estimate of drug-likeness (QED) is 0.815. The van der Waals surface area contributed by atoms with Gasteiger partial charge in [-0.25, -0.2) is 0 Å². The van der Waals surface area contributed by atoms with Crippen LogP contribution in [-0.4, -0.2) is 32.2 Å². The summed E-state index contributed by atoms with van der Waals surface area (Å²) >= 11 is 0. The molecule has 0 saturated carbocycles. The van der Waals surface area contributed by atoms with Crippen molar-refractivity contribution in [3.05, 3.63) is 29.3 Å². The summed E-state index contributed by atoms with van der Waals surface area (Å²) in [4.78, 5) is 5.83. The van der Waals surface area contributed by atoms with E-state index in [0.717, 1.165) is 17.1 Å². The zero-order valence-corrected chi connectivity index (χ0v) is 10.7. The number of pyridine rings is 1. The van der Waals surface area contributed by atoms with Gasteiger partial charge in [0.1, 0.15) is 5.75 Å². The Labute approximate surface area is 105 Å². The number of hydrogen-bond donors (Lipinski definition) is 1. The molecule has 7 nitrogen and oxygen atoms in total. The largest absolute Gasteiger partial charge is 0.483 e. The number of tetrazole rings is 1. The molecule has 0 fully saturated rings. The van der Waals surface area contributed by atoms with Crippen molar-refractivity contribution in [3.8, 4) is 5.75 Å². The van der Waals surface area contributed by atoms with Crippen LogP contribution in [0.5, 0.6) is 5.75 Å². The maximum absolute atomic E-state index is 5.66. The highest BCUT2D eigenvalue weighted by molar-refractivity contribution is 5.29. The molecular formula is C11H16N6O. The van der Waals surface area contributed by atoms with Crippen molar-refractivity contribution in [2.24, 2.45) is 7.05 Å². The summed E-state index contributed by atoms with van der Waals surface area (Å²) in [7, 11) is 3.59. The molecule has 2 aromatic rings. The Hall–Kier alpha value is -2.02. The van der Waals surface area contributed by atoms with E-state index < -0.39 is 0 Å². The zero-order valence-electron chi connectivity index (χ0n) is 10.7. The van der Waals surface area contributed by atoms with Crippen LogP contribution in [0.15, 0.2) is 12.1 Å². The first-order valence-electron chi connectivity index (χ1n) is 5.66. The van der Waals surface area contributed by atoms with Gasteiger partial charge >= 0.3 is 0 Å². The van der Waals surface area contributed by atoms with Crippen LogP contribution in [0, 0.1) is 6.92 Å². The van der Waals surface area contributed by atoms with Crippen molar-refractivity contribution in [3.63, 3.8) is 0 Å². The van der Waals surface area contributed by atoms with Gasteiger partial charge in [0.2, 0.25) is 5.82 Å². The molecule has 0 amide bonds. The van der Waals surface area contributed by atoms with Crippen molar-refractivity contribution >= 4 is 0 Å². The number of aromatic nitrogens is 5. The molecule has 0 aromatic carbocycles. The van der Waals surface area contributed by atoms with Gasteiger partial charge < -0.3 is 10.1 Å². The lowest BCUT2D eigenvalue weighted by Crippen LogP contribution is -2.10. The molecule has 0 aliphatic rings. The van der Waals surface area contributed by atoms with E-state index in [1.807, 2.05) is 26.1 Å². The molecule has 2 aromatic heterocycles. The molecule has 7 heteroatoms. The van der Waals surface area contributed by atoms with Crippen LogP contribution in [-0.2, 0) is 20.2 Å². The van der Waals surface area contributed by atoms with Gasteiger partial charge in [0, 0.05) is 12.2 Å². The monoisotopic (exact) mass is 248 g/mol. The maximum Gasteiger partial charge on any atom is 0.212 e. The fourth-order valence-corrected chi connectivity index (χ4v) is 1.55. The third-order valence-electron chi connectivity index (χ3n) is 2.32. The van der Waals surface area contributed by atoms with Gasteiger partial charge in [-0.15, -0.1) is 10.2 Å². The number of aryl methyl sites for hydroxylation is 2. The van der Waals surface area contributed by atoms with E-state index in [1.165, 1.54) is 4.80 Å². The molecule has 1 N–H and O–H groups in total. The van der Waals surface area contributed by atoms with Gasteiger partial charge in [-0.2, -0.15) is 4.80 Å². The fraction of sp³-hybridized carbons (Fsp3) is 0.455. The average Bonchev–Trinajstić information content (AvgIpc) is 2.75. The van der Waals surface area contributed by atoms with E-state index in [0.29, 0.717) is 12.4 Å². The van der Waals surface area contributed by atoms with Crippen LogP contribution < -0.4 is 10.1 Å². The van der Waals surface area contributed by atoms with Crippen LogP contribution in [0.3, 0.4) is 0 Å². The molecule has 0 saturated heterocycles. The summed E-state index contributed by atoms with van der Waals surface area (Å²) in [6, 6.07) is 3.82. The molecule has 2 heterocycles. The number of nitrogens with one attached hydrogen (secondary N) is 1. The van der Waals surface area contributed by atoms with Gasteiger partial charge in [-0.3, -0.25) is 4.98 Å². The van der Waals surface area contributed by atoms with Gasteiger partial charge in [-0.05, 0) is 31.3 Å². The van der Waals surface area contributed by atoms with Gasteiger partial charge in [-0.1, -0.05) is 0 Å². The predicted octanol–water partition coefficient (Wildman–Crippen LogP) is 0.212. The van der Waals surface area contributed by atoms with Gasteiger partial charge in [0.05, 0.1) is 12.7 Å². The summed E-state index contributed by atoms with van der Waals surface area (Å²) in [6.45, 7) is 2.90. The molecule has 0 aliphatic heterocycles. The van der Waals surface area contributed by atoms with Crippen molar-refractivity contribution in [2.45, 2.75) is 20.1 Å².